The van der Waals surface area contributed by atoms with Crippen LogP contribution in [0, 0.1) is 10.1 Å². The molecule has 0 aliphatic carbocycles. The average Bonchev–Trinajstić information content (AvgIpc) is 2.47. The molecule has 0 amide bonds. The number of nitrogens with two attached hydrogens (primary N) is 1. The Morgan fingerprint density at radius 3 is 2.70 bits per heavy atom. The Labute approximate surface area is 116 Å². The van der Waals surface area contributed by atoms with Crippen molar-refractivity contribution in [3.63, 3.8) is 0 Å². The minimum Gasteiger partial charge on any atom is -0.365 e. The molecule has 1 aromatic heterocycles. The lowest BCUT2D eigenvalue weighted by Crippen LogP contribution is -2.40. The van der Waals surface area contributed by atoms with Crippen LogP contribution in [0.25, 0.3) is 10.9 Å². The standard InChI is InChI=1S/C14H16N4O2/c15-10-5-7-17(8-6-10)14-11-3-1-2-4-12(11)16-9-13(14)18(19)20/h1-4,9-10H,5-8,15H2. The highest BCUT2D eigenvalue weighted by Gasteiger charge is 2.26. The zero-order valence-corrected chi connectivity index (χ0v) is 11.0. The molecule has 1 saturated heterocycles. The highest BCUT2D eigenvalue weighted by atomic mass is 16.6. The van der Waals surface area contributed by atoms with Crippen LogP contribution in [0.1, 0.15) is 12.8 Å². The summed E-state index contributed by atoms with van der Waals surface area (Å²) < 4.78 is 0. The van der Waals surface area contributed by atoms with Crippen molar-refractivity contribution in [1.29, 1.82) is 0 Å². The topological polar surface area (TPSA) is 85.3 Å². The largest absolute Gasteiger partial charge is 0.365 e. The van der Waals surface area contributed by atoms with Crippen LogP contribution < -0.4 is 10.6 Å². The second kappa shape index (κ2) is 5.05. The van der Waals surface area contributed by atoms with E-state index in [-0.39, 0.29) is 16.7 Å². The molecule has 20 heavy (non-hydrogen) atoms. The minimum absolute atomic E-state index is 0.0687. The molecular formula is C14H16N4O2. The van der Waals surface area contributed by atoms with Crippen LogP contribution in [0.4, 0.5) is 11.4 Å². The molecule has 0 bridgehead atoms. The molecule has 1 aromatic carbocycles. The Kier molecular flexibility index (Phi) is 3.23. The van der Waals surface area contributed by atoms with Crippen molar-refractivity contribution >= 4 is 22.3 Å². The molecule has 2 N–H and O–H groups in total. The van der Waals surface area contributed by atoms with Crippen LogP contribution in [-0.2, 0) is 0 Å². The smallest absolute Gasteiger partial charge is 0.311 e. The van der Waals surface area contributed by atoms with E-state index >= 15 is 0 Å². The monoisotopic (exact) mass is 272 g/mol. The SMILES string of the molecule is NC1CCN(c2c([N+](=O)[O-])cnc3ccccc23)CC1. The Hall–Kier alpha value is -2.21. The Bertz CT molecular complexity index is 651. The van der Waals surface area contributed by atoms with Gasteiger partial charge in [0, 0.05) is 24.5 Å². The van der Waals surface area contributed by atoms with E-state index in [1.807, 2.05) is 24.3 Å². The maximum atomic E-state index is 11.3. The van der Waals surface area contributed by atoms with Crippen molar-refractivity contribution in [2.75, 3.05) is 18.0 Å². The molecule has 1 aliphatic rings. The number of anilines is 1. The number of nitrogens with zero attached hydrogens (tertiary/aromatic N) is 3. The molecule has 1 aliphatic heterocycles. The van der Waals surface area contributed by atoms with Gasteiger partial charge in [0.15, 0.2) is 0 Å². The Morgan fingerprint density at radius 2 is 2.00 bits per heavy atom. The Balaban J connectivity index is 2.15. The molecule has 6 nitrogen and oxygen atoms in total. The van der Waals surface area contributed by atoms with Gasteiger partial charge in [0.05, 0.1) is 10.4 Å². The quantitative estimate of drug-likeness (QED) is 0.668. The second-order valence-electron chi connectivity index (χ2n) is 5.09. The van der Waals surface area contributed by atoms with Gasteiger partial charge in [-0.15, -0.1) is 0 Å². The predicted octanol–water partition coefficient (Wildman–Crippen LogP) is 2.07. The normalized spacial score (nSPS) is 16.6. The lowest BCUT2D eigenvalue weighted by Gasteiger charge is -2.32. The fourth-order valence-electron chi connectivity index (χ4n) is 2.71. The van der Waals surface area contributed by atoms with Crippen LogP contribution in [0.3, 0.4) is 0 Å². The van der Waals surface area contributed by atoms with Crippen LogP contribution in [0.5, 0.6) is 0 Å². The lowest BCUT2D eigenvalue weighted by atomic mass is 10.0. The molecule has 0 spiro atoms. The summed E-state index contributed by atoms with van der Waals surface area (Å²) in [6.45, 7) is 1.49. The molecule has 2 heterocycles. The number of hydrogen-bond acceptors (Lipinski definition) is 5. The van der Waals surface area contributed by atoms with Gasteiger partial charge in [-0.3, -0.25) is 10.1 Å². The first-order valence-corrected chi connectivity index (χ1v) is 6.69. The van der Waals surface area contributed by atoms with E-state index in [0.29, 0.717) is 5.69 Å². The summed E-state index contributed by atoms with van der Waals surface area (Å²) in [6, 6.07) is 7.72. The maximum Gasteiger partial charge on any atom is 0.311 e. The number of fused-ring (bicyclic) bond motifs is 1. The molecule has 0 atom stereocenters. The summed E-state index contributed by atoms with van der Waals surface area (Å²) >= 11 is 0. The molecule has 2 aromatic rings. The van der Waals surface area contributed by atoms with Crippen molar-refractivity contribution in [2.24, 2.45) is 5.73 Å². The molecular weight excluding hydrogens is 256 g/mol. The number of aromatic nitrogens is 1. The van der Waals surface area contributed by atoms with E-state index in [2.05, 4.69) is 9.88 Å². The Morgan fingerprint density at radius 1 is 1.30 bits per heavy atom. The number of pyridine rings is 1. The van der Waals surface area contributed by atoms with Gasteiger partial charge < -0.3 is 10.6 Å². The zero-order chi connectivity index (χ0) is 14.1. The van der Waals surface area contributed by atoms with Crippen molar-refractivity contribution in [3.8, 4) is 0 Å². The van der Waals surface area contributed by atoms with Crippen molar-refractivity contribution < 1.29 is 4.92 Å². The molecule has 104 valence electrons. The van der Waals surface area contributed by atoms with Crippen molar-refractivity contribution in [1.82, 2.24) is 4.98 Å². The number of para-hydroxylation sites is 1. The van der Waals surface area contributed by atoms with Crippen LogP contribution in [-0.4, -0.2) is 29.0 Å². The van der Waals surface area contributed by atoms with Crippen molar-refractivity contribution in [3.05, 3.63) is 40.6 Å². The lowest BCUT2D eigenvalue weighted by molar-refractivity contribution is -0.384. The van der Waals surface area contributed by atoms with E-state index in [1.165, 1.54) is 6.20 Å². The van der Waals surface area contributed by atoms with Crippen LogP contribution in [0.15, 0.2) is 30.5 Å². The summed E-state index contributed by atoms with van der Waals surface area (Å²) in [5.74, 6) is 0. The summed E-state index contributed by atoms with van der Waals surface area (Å²) in [5.41, 5.74) is 7.44. The van der Waals surface area contributed by atoms with Gasteiger partial charge in [-0.2, -0.15) is 0 Å². The number of nitro groups is 1. The number of benzene rings is 1. The van der Waals surface area contributed by atoms with Gasteiger partial charge in [0.2, 0.25) is 0 Å². The molecule has 0 unspecified atom stereocenters. The third-order valence-electron chi connectivity index (χ3n) is 3.78. The van der Waals surface area contributed by atoms with Gasteiger partial charge >= 0.3 is 5.69 Å². The first kappa shape index (κ1) is 12.8. The fourth-order valence-corrected chi connectivity index (χ4v) is 2.71. The molecule has 3 rings (SSSR count). The predicted molar refractivity (Wildman–Crippen MR) is 77.8 cm³/mol. The van der Waals surface area contributed by atoms with Gasteiger partial charge in [0.1, 0.15) is 11.9 Å². The average molecular weight is 272 g/mol. The zero-order valence-electron chi connectivity index (χ0n) is 11.0. The number of rotatable bonds is 2. The third-order valence-corrected chi connectivity index (χ3v) is 3.78. The van der Waals surface area contributed by atoms with Gasteiger partial charge in [0.25, 0.3) is 0 Å². The third kappa shape index (κ3) is 2.18. The van der Waals surface area contributed by atoms with Crippen LogP contribution >= 0.6 is 0 Å². The fraction of sp³-hybridized carbons (Fsp3) is 0.357. The molecule has 0 radical (unpaired) electrons. The minimum atomic E-state index is -0.358. The van der Waals surface area contributed by atoms with E-state index in [1.54, 1.807) is 0 Å². The van der Waals surface area contributed by atoms with E-state index in [0.717, 1.165) is 36.8 Å². The summed E-state index contributed by atoms with van der Waals surface area (Å²) in [7, 11) is 0. The first-order chi connectivity index (χ1) is 9.66. The highest BCUT2D eigenvalue weighted by Crippen LogP contribution is 2.35. The van der Waals surface area contributed by atoms with Crippen LogP contribution in [0.2, 0.25) is 0 Å². The van der Waals surface area contributed by atoms with E-state index in [4.69, 9.17) is 5.73 Å². The summed E-state index contributed by atoms with van der Waals surface area (Å²) in [4.78, 5) is 17.2. The second-order valence-corrected chi connectivity index (χ2v) is 5.09. The molecule has 6 heteroatoms. The maximum absolute atomic E-state index is 11.3. The summed E-state index contributed by atoms with van der Waals surface area (Å²) in [6.07, 6.45) is 3.06. The summed E-state index contributed by atoms with van der Waals surface area (Å²) in [5, 5.41) is 12.1. The number of piperidine rings is 1. The van der Waals surface area contributed by atoms with Gasteiger partial charge in [-0.25, -0.2) is 4.98 Å². The van der Waals surface area contributed by atoms with Gasteiger partial charge in [-0.1, -0.05) is 18.2 Å². The highest BCUT2D eigenvalue weighted by molar-refractivity contribution is 5.96. The van der Waals surface area contributed by atoms with E-state index < -0.39 is 0 Å². The molecule has 1 fully saturated rings. The molecule has 0 saturated carbocycles. The number of hydrogen-bond donors (Lipinski definition) is 1. The van der Waals surface area contributed by atoms with Gasteiger partial charge in [-0.05, 0) is 18.9 Å². The van der Waals surface area contributed by atoms with Crippen molar-refractivity contribution in [2.45, 2.75) is 18.9 Å². The first-order valence-electron chi connectivity index (χ1n) is 6.69. The van der Waals surface area contributed by atoms with E-state index in [9.17, 15) is 10.1 Å².